The first-order chi connectivity index (χ1) is 11.3. The maximum Gasteiger partial charge on any atom is 0.0892 e. The fourth-order valence-electron chi connectivity index (χ4n) is 2.48. The molecule has 0 heterocycles. The third-order valence-electron chi connectivity index (χ3n) is 3.85. The number of hydrogen-bond acceptors (Lipinski definition) is 2. The summed E-state index contributed by atoms with van der Waals surface area (Å²) in [5, 5.41) is 8.83. The summed E-state index contributed by atoms with van der Waals surface area (Å²) in [7, 11) is 0. The van der Waals surface area contributed by atoms with Gasteiger partial charge in [-0.3, -0.25) is 0 Å². The Labute approximate surface area is 137 Å². The molecule has 0 fully saturated rings. The fourth-order valence-corrected chi connectivity index (χ4v) is 2.48. The van der Waals surface area contributed by atoms with Gasteiger partial charge in [0, 0.05) is 0 Å². The molecule has 0 aliphatic heterocycles. The normalized spacial score (nSPS) is 11.0. The Morgan fingerprint density at radius 1 is 0.652 bits per heavy atom. The minimum absolute atomic E-state index is 0.866. The van der Waals surface area contributed by atoms with Gasteiger partial charge in [0.05, 0.1) is 11.4 Å². The van der Waals surface area contributed by atoms with Crippen molar-refractivity contribution in [3.05, 3.63) is 95.6 Å². The molecule has 23 heavy (non-hydrogen) atoms. The molecule has 3 aromatic carbocycles. The Morgan fingerprint density at radius 2 is 1.35 bits per heavy atom. The third kappa shape index (κ3) is 4.13. The second-order valence-electron chi connectivity index (χ2n) is 5.51. The number of azo groups is 1. The van der Waals surface area contributed by atoms with E-state index in [1.54, 1.807) is 0 Å². The molecule has 3 rings (SSSR count). The average molecular weight is 300 g/mol. The van der Waals surface area contributed by atoms with Crippen LogP contribution in [0.15, 0.2) is 89.1 Å². The maximum absolute atomic E-state index is 4.45. The predicted molar refractivity (Wildman–Crippen MR) is 95.7 cm³/mol. The summed E-state index contributed by atoms with van der Waals surface area (Å²) in [5.74, 6) is 0. The minimum atomic E-state index is 0.866. The van der Waals surface area contributed by atoms with Crippen molar-refractivity contribution in [2.75, 3.05) is 0 Å². The zero-order valence-corrected chi connectivity index (χ0v) is 13.3. The largest absolute Gasteiger partial charge is 0.151 e. The molecule has 2 nitrogen and oxygen atoms in total. The Kier molecular flexibility index (Phi) is 4.95. The topological polar surface area (TPSA) is 24.7 Å². The molecule has 0 bridgehead atoms. The highest BCUT2D eigenvalue weighted by Crippen LogP contribution is 2.24. The lowest BCUT2D eigenvalue weighted by Gasteiger charge is -2.05. The first kappa shape index (κ1) is 15.2. The molecule has 0 aromatic heterocycles. The van der Waals surface area contributed by atoms with Crippen LogP contribution in [0.5, 0.6) is 0 Å². The van der Waals surface area contributed by atoms with E-state index < -0.39 is 0 Å². The summed E-state index contributed by atoms with van der Waals surface area (Å²) in [5.41, 5.74) is 5.59. The van der Waals surface area contributed by atoms with Crippen molar-refractivity contribution in [2.45, 2.75) is 19.8 Å². The summed E-state index contributed by atoms with van der Waals surface area (Å²) in [6, 6.07) is 26.9. The first-order valence-corrected chi connectivity index (χ1v) is 7.97. The van der Waals surface area contributed by atoms with Gasteiger partial charge in [-0.2, -0.15) is 10.2 Å². The van der Waals surface area contributed by atoms with Crippen LogP contribution in [-0.4, -0.2) is 0 Å². The number of nitrogens with zero attached hydrogens (tertiary/aromatic N) is 2. The molecule has 0 aliphatic rings. The van der Waals surface area contributed by atoms with Crippen LogP contribution in [0, 0.1) is 0 Å². The van der Waals surface area contributed by atoms with E-state index in [-0.39, 0.29) is 0 Å². The van der Waals surface area contributed by atoms with E-state index in [9.17, 15) is 0 Å². The van der Waals surface area contributed by atoms with Gasteiger partial charge in [0.1, 0.15) is 0 Å². The summed E-state index contributed by atoms with van der Waals surface area (Å²) in [6.07, 6.45) is 1.90. The number of rotatable bonds is 5. The van der Waals surface area contributed by atoms with Crippen LogP contribution in [0.2, 0.25) is 0 Å². The summed E-state index contributed by atoms with van der Waals surface area (Å²) in [6.45, 7) is 2.15. The average Bonchev–Trinajstić information content (AvgIpc) is 2.62. The zero-order valence-electron chi connectivity index (χ0n) is 13.3. The van der Waals surface area contributed by atoms with E-state index in [0.717, 1.165) is 24.2 Å². The van der Waals surface area contributed by atoms with Gasteiger partial charge in [0.25, 0.3) is 0 Å². The van der Waals surface area contributed by atoms with Crippen LogP contribution in [0.4, 0.5) is 11.4 Å². The monoisotopic (exact) mass is 300 g/mol. The van der Waals surface area contributed by atoms with E-state index in [2.05, 4.69) is 59.6 Å². The maximum atomic E-state index is 4.45. The van der Waals surface area contributed by atoms with Crippen molar-refractivity contribution < 1.29 is 0 Å². The second kappa shape index (κ2) is 7.50. The highest BCUT2D eigenvalue weighted by molar-refractivity contribution is 5.48. The number of aryl methyl sites for hydroxylation is 1. The molecule has 0 radical (unpaired) electrons. The van der Waals surface area contributed by atoms with E-state index in [1.807, 2.05) is 36.4 Å². The highest BCUT2D eigenvalue weighted by atomic mass is 15.1. The summed E-state index contributed by atoms with van der Waals surface area (Å²) in [4.78, 5) is 0. The van der Waals surface area contributed by atoms with Gasteiger partial charge in [0.2, 0.25) is 0 Å². The smallest absolute Gasteiger partial charge is 0.0892 e. The van der Waals surface area contributed by atoms with Crippen LogP contribution in [0.3, 0.4) is 0 Å². The van der Waals surface area contributed by atoms with Gasteiger partial charge in [-0.1, -0.05) is 67.6 Å². The molecule has 0 spiro atoms. The van der Waals surface area contributed by atoms with Crippen LogP contribution < -0.4 is 0 Å². The Balaban J connectivity index is 1.80. The molecule has 3 aromatic rings. The molecule has 0 unspecified atom stereocenters. The molecule has 0 saturated heterocycles. The second-order valence-corrected chi connectivity index (χ2v) is 5.51. The Hall–Kier alpha value is -2.74. The molecule has 0 atom stereocenters. The van der Waals surface area contributed by atoms with Gasteiger partial charge in [0.15, 0.2) is 0 Å². The number of hydrogen-bond donors (Lipinski definition) is 0. The summed E-state index contributed by atoms with van der Waals surface area (Å²) < 4.78 is 0. The van der Waals surface area contributed by atoms with Crippen LogP contribution in [0.25, 0.3) is 0 Å². The van der Waals surface area contributed by atoms with Crippen molar-refractivity contribution in [3.8, 4) is 0 Å². The van der Waals surface area contributed by atoms with Crippen LogP contribution in [0.1, 0.15) is 23.6 Å². The first-order valence-electron chi connectivity index (χ1n) is 7.97. The summed E-state index contributed by atoms with van der Waals surface area (Å²) >= 11 is 0. The molecular formula is C21H20N2. The number of benzene rings is 3. The molecule has 0 amide bonds. The lowest BCUT2D eigenvalue weighted by Crippen LogP contribution is -1.87. The Morgan fingerprint density at radius 3 is 2.09 bits per heavy atom. The molecule has 114 valence electrons. The molecule has 0 N–H and O–H groups in total. The van der Waals surface area contributed by atoms with Crippen molar-refractivity contribution in [1.29, 1.82) is 0 Å². The standard InChI is InChI=1S/C21H20N2/c1-2-17-12-14-20(15-13-17)22-23-21-11-7-6-10-19(21)16-18-8-4-3-5-9-18/h3-15H,2,16H2,1H3/b23-22+. The van der Waals surface area contributed by atoms with Crippen LogP contribution in [-0.2, 0) is 12.8 Å². The van der Waals surface area contributed by atoms with E-state index >= 15 is 0 Å². The lowest BCUT2D eigenvalue weighted by molar-refractivity contribution is 1.12. The van der Waals surface area contributed by atoms with E-state index in [1.165, 1.54) is 16.7 Å². The van der Waals surface area contributed by atoms with Crippen molar-refractivity contribution in [1.82, 2.24) is 0 Å². The zero-order chi connectivity index (χ0) is 15.9. The minimum Gasteiger partial charge on any atom is -0.151 e. The molecule has 0 saturated carbocycles. The van der Waals surface area contributed by atoms with Crippen molar-refractivity contribution >= 4 is 11.4 Å². The van der Waals surface area contributed by atoms with E-state index in [4.69, 9.17) is 0 Å². The SMILES string of the molecule is CCc1ccc(/N=N/c2ccccc2Cc2ccccc2)cc1. The Bertz CT molecular complexity index is 774. The van der Waals surface area contributed by atoms with Crippen molar-refractivity contribution in [3.63, 3.8) is 0 Å². The highest BCUT2D eigenvalue weighted by Gasteiger charge is 2.02. The van der Waals surface area contributed by atoms with Gasteiger partial charge >= 0.3 is 0 Å². The quantitative estimate of drug-likeness (QED) is 0.497. The molecule has 2 heteroatoms. The third-order valence-corrected chi connectivity index (χ3v) is 3.85. The van der Waals surface area contributed by atoms with Gasteiger partial charge < -0.3 is 0 Å². The van der Waals surface area contributed by atoms with Crippen LogP contribution >= 0.6 is 0 Å². The fraction of sp³-hybridized carbons (Fsp3) is 0.143. The lowest BCUT2D eigenvalue weighted by atomic mass is 10.0. The molecular weight excluding hydrogens is 280 g/mol. The van der Waals surface area contributed by atoms with E-state index in [0.29, 0.717) is 0 Å². The van der Waals surface area contributed by atoms with Crippen molar-refractivity contribution in [2.24, 2.45) is 10.2 Å². The predicted octanol–water partition coefficient (Wildman–Crippen LogP) is 6.26. The van der Waals surface area contributed by atoms with Gasteiger partial charge in [-0.25, -0.2) is 0 Å². The van der Waals surface area contributed by atoms with Gasteiger partial charge in [-0.15, -0.1) is 0 Å². The van der Waals surface area contributed by atoms with Gasteiger partial charge in [-0.05, 0) is 47.7 Å². The molecule has 0 aliphatic carbocycles.